The Balaban J connectivity index is 4.46. The Morgan fingerprint density at radius 1 is 1.31 bits per heavy atom. The number of nitrogens with zero attached hydrogens (tertiary/aromatic N) is 2. The summed E-state index contributed by atoms with van der Waals surface area (Å²) in [6, 6.07) is 0. The molecule has 1 N–H and O–H groups in total. The smallest absolute Gasteiger partial charge is 0.270 e. The monoisotopic (exact) mass is 293 g/mol. The van der Waals surface area contributed by atoms with Crippen LogP contribution in [0.4, 0.5) is 0 Å². The number of quaternary nitrogens is 1. The lowest BCUT2D eigenvalue weighted by molar-refractivity contribution is -0.891. The molecule has 0 fully saturated rings. The molecule has 8 heteroatoms. The highest BCUT2D eigenvalue weighted by molar-refractivity contribution is 7.85. The molecule has 0 aliphatic heterocycles. The molecule has 0 aliphatic rings. The van der Waals surface area contributed by atoms with E-state index in [2.05, 4.69) is 0 Å². The third-order valence-corrected chi connectivity index (χ3v) is 3.84. The van der Waals surface area contributed by atoms with E-state index in [1.54, 1.807) is 0 Å². The van der Waals surface area contributed by atoms with Crippen LogP contribution in [0.5, 0.6) is 0 Å². The van der Waals surface area contributed by atoms with Crippen LogP contribution in [0.25, 0.3) is 0 Å². The highest BCUT2D eigenvalue weighted by Gasteiger charge is 2.33. The van der Waals surface area contributed by atoms with Crippen molar-refractivity contribution in [3.8, 4) is 0 Å². The molecule has 0 atom stereocenters. The zero-order valence-corrected chi connectivity index (χ0v) is 12.3. The van der Waals surface area contributed by atoms with Crippen molar-refractivity contribution in [1.82, 2.24) is 3.94 Å². The van der Waals surface area contributed by atoms with Crippen molar-refractivity contribution in [2.45, 2.75) is 19.4 Å². The van der Waals surface area contributed by atoms with Gasteiger partial charge in [0, 0.05) is 0 Å². The minimum Gasteiger partial charge on any atom is -0.326 e. The van der Waals surface area contributed by atoms with E-state index in [0.29, 0.717) is 17.6 Å². The number of likely N-dealkylation sites (N-methyl/N-ethyl adjacent to an activating group) is 1. The normalized spacial score (nSPS) is 14.5. The van der Waals surface area contributed by atoms with Gasteiger partial charge in [-0.05, 0) is 37.4 Å². The highest BCUT2D eigenvalue weighted by Crippen LogP contribution is 2.22. The molecule has 0 rings (SSSR count). The summed E-state index contributed by atoms with van der Waals surface area (Å²) in [7, 11) is -0.226. The largest absolute Gasteiger partial charge is 0.326 e. The van der Waals surface area contributed by atoms with Crippen LogP contribution in [-0.4, -0.2) is 59.9 Å². The topological polar surface area (TPSA) is 57.6 Å². The van der Waals surface area contributed by atoms with Crippen molar-refractivity contribution >= 4 is 33.7 Å². The standard InChI is InChI=1S/C8H18Cl2N2O3S/c1-8(2,11(9)10)7-12(3,4)5-6-16(13,14)15/h5-7H2,1-4H3/p+1. The quantitative estimate of drug-likeness (QED) is 0.456. The second-order valence-corrected chi connectivity index (χ2v) is 7.57. The van der Waals surface area contributed by atoms with Gasteiger partial charge in [-0.15, -0.1) is 3.94 Å². The molecule has 16 heavy (non-hydrogen) atoms. The van der Waals surface area contributed by atoms with Crippen molar-refractivity contribution in [2.75, 3.05) is 32.9 Å². The molecule has 0 aromatic carbocycles. The van der Waals surface area contributed by atoms with Gasteiger partial charge in [0.25, 0.3) is 10.1 Å². The Morgan fingerprint density at radius 2 is 1.75 bits per heavy atom. The summed E-state index contributed by atoms with van der Waals surface area (Å²) in [5.41, 5.74) is -0.480. The van der Waals surface area contributed by atoms with Gasteiger partial charge in [-0.1, -0.05) is 0 Å². The van der Waals surface area contributed by atoms with Crippen molar-refractivity contribution < 1.29 is 17.5 Å². The fourth-order valence-corrected chi connectivity index (χ4v) is 2.37. The van der Waals surface area contributed by atoms with Crippen LogP contribution in [0.2, 0.25) is 0 Å². The molecule has 0 spiro atoms. The van der Waals surface area contributed by atoms with Gasteiger partial charge in [0.15, 0.2) is 0 Å². The fraction of sp³-hybridized carbons (Fsp3) is 1.00. The van der Waals surface area contributed by atoms with Crippen molar-refractivity contribution in [3.63, 3.8) is 0 Å². The maximum atomic E-state index is 10.7. The van der Waals surface area contributed by atoms with E-state index in [1.165, 1.54) is 0 Å². The van der Waals surface area contributed by atoms with E-state index < -0.39 is 15.7 Å². The SMILES string of the molecule is CC(C)(C[N+](C)(C)CCS(=O)(=O)O)N(Cl)Cl. The van der Waals surface area contributed by atoms with Crippen molar-refractivity contribution in [1.29, 1.82) is 0 Å². The first kappa shape index (κ1) is 16.4. The molecule has 98 valence electrons. The minimum absolute atomic E-state index is 0.277. The summed E-state index contributed by atoms with van der Waals surface area (Å²) in [6.07, 6.45) is 0. The van der Waals surface area contributed by atoms with Gasteiger partial charge >= 0.3 is 0 Å². The maximum absolute atomic E-state index is 10.7. The van der Waals surface area contributed by atoms with Crippen LogP contribution >= 0.6 is 23.6 Å². The number of hydrogen-bond donors (Lipinski definition) is 1. The minimum atomic E-state index is -3.93. The van der Waals surface area contributed by atoms with Crippen LogP contribution in [-0.2, 0) is 10.1 Å². The van der Waals surface area contributed by atoms with E-state index >= 15 is 0 Å². The van der Waals surface area contributed by atoms with E-state index in [4.69, 9.17) is 28.1 Å². The van der Waals surface area contributed by atoms with Crippen LogP contribution in [0.3, 0.4) is 0 Å². The molecule has 0 aliphatic carbocycles. The van der Waals surface area contributed by atoms with Crippen LogP contribution < -0.4 is 0 Å². The summed E-state index contributed by atoms with van der Waals surface area (Å²) in [5, 5.41) is 0. The molecule has 0 aromatic heterocycles. The van der Waals surface area contributed by atoms with Crippen LogP contribution in [0.15, 0.2) is 0 Å². The van der Waals surface area contributed by atoms with Crippen LogP contribution in [0, 0.1) is 0 Å². The average molecular weight is 294 g/mol. The second kappa shape index (κ2) is 5.37. The van der Waals surface area contributed by atoms with Gasteiger partial charge in [-0.2, -0.15) is 8.42 Å². The number of hydrogen-bond acceptors (Lipinski definition) is 3. The molecule has 0 radical (unpaired) electrons. The van der Waals surface area contributed by atoms with Gasteiger partial charge in [-0.3, -0.25) is 4.55 Å². The Labute approximate surface area is 107 Å². The van der Waals surface area contributed by atoms with Crippen molar-refractivity contribution in [2.24, 2.45) is 0 Å². The molecular weight excluding hydrogens is 275 g/mol. The third kappa shape index (κ3) is 6.88. The Bertz CT molecular complexity index is 328. The third-order valence-electron chi connectivity index (χ3n) is 2.23. The predicted octanol–water partition coefficient (Wildman–Crippen LogP) is 1.34. The van der Waals surface area contributed by atoms with Gasteiger partial charge in [0.1, 0.15) is 5.75 Å². The van der Waals surface area contributed by atoms with Crippen molar-refractivity contribution in [3.05, 3.63) is 0 Å². The van der Waals surface area contributed by atoms with Gasteiger partial charge in [0.05, 0.1) is 32.7 Å². The fourth-order valence-electron chi connectivity index (χ4n) is 1.54. The van der Waals surface area contributed by atoms with E-state index in [0.717, 1.165) is 3.94 Å². The Hall–Kier alpha value is 0.410. The number of halogens is 2. The molecule has 0 heterocycles. The molecule has 0 bridgehead atoms. The molecule has 0 aromatic rings. The van der Waals surface area contributed by atoms with E-state index in [-0.39, 0.29) is 5.75 Å². The summed E-state index contributed by atoms with van der Waals surface area (Å²) < 4.78 is 31.5. The first-order chi connectivity index (χ1) is 6.86. The highest BCUT2D eigenvalue weighted by atomic mass is 35.5. The predicted molar refractivity (Wildman–Crippen MR) is 65.9 cm³/mol. The summed E-state index contributed by atoms with van der Waals surface area (Å²) in [4.78, 5) is 0. The molecule has 5 nitrogen and oxygen atoms in total. The molecule has 0 saturated carbocycles. The first-order valence-corrected chi connectivity index (χ1v) is 7.03. The maximum Gasteiger partial charge on any atom is 0.270 e. The van der Waals surface area contributed by atoms with E-state index in [1.807, 2.05) is 27.9 Å². The lowest BCUT2D eigenvalue weighted by Crippen LogP contribution is -2.54. The summed E-state index contributed by atoms with van der Waals surface area (Å²) in [5.74, 6) is -0.277. The van der Waals surface area contributed by atoms with Gasteiger partial charge < -0.3 is 4.48 Å². The molecule has 0 unspecified atom stereocenters. The second-order valence-electron chi connectivity index (χ2n) is 5.15. The zero-order valence-electron chi connectivity index (χ0n) is 9.94. The first-order valence-electron chi connectivity index (χ1n) is 4.75. The molecular formula is C8H19Cl2N2O3S+. The Morgan fingerprint density at radius 3 is 2.06 bits per heavy atom. The van der Waals surface area contributed by atoms with Gasteiger partial charge in [0.2, 0.25) is 0 Å². The lowest BCUT2D eigenvalue weighted by Gasteiger charge is -2.38. The average Bonchev–Trinajstić information content (AvgIpc) is 1.97. The summed E-state index contributed by atoms with van der Waals surface area (Å²) >= 11 is 11.4. The summed E-state index contributed by atoms with van der Waals surface area (Å²) in [6.45, 7) is 4.54. The number of rotatable bonds is 6. The Kier molecular flexibility index (Phi) is 5.51. The van der Waals surface area contributed by atoms with E-state index in [9.17, 15) is 8.42 Å². The van der Waals surface area contributed by atoms with Gasteiger partial charge in [-0.25, -0.2) is 0 Å². The molecule has 0 saturated heterocycles. The van der Waals surface area contributed by atoms with Crippen LogP contribution in [0.1, 0.15) is 13.8 Å². The molecule has 0 amide bonds. The lowest BCUT2D eigenvalue weighted by atomic mass is 10.1. The zero-order chi connectivity index (χ0) is 13.2.